The SMILES string of the molecule is CSC(C)CCNCc1cnc(C)n1-c1ccccc1. The van der Waals surface area contributed by atoms with Gasteiger partial charge in [0.15, 0.2) is 0 Å². The van der Waals surface area contributed by atoms with E-state index in [0.717, 1.165) is 18.9 Å². The fraction of sp³-hybridized carbons (Fsp3) is 0.438. The number of hydrogen-bond donors (Lipinski definition) is 1. The van der Waals surface area contributed by atoms with Crippen molar-refractivity contribution in [3.05, 3.63) is 48.0 Å². The predicted molar refractivity (Wildman–Crippen MR) is 87.6 cm³/mol. The second-order valence-corrected chi connectivity index (χ2v) is 6.26. The molecule has 0 fully saturated rings. The minimum Gasteiger partial charge on any atom is -0.311 e. The van der Waals surface area contributed by atoms with Crippen LogP contribution in [0.5, 0.6) is 0 Å². The third-order valence-corrected chi connectivity index (χ3v) is 4.50. The maximum atomic E-state index is 4.44. The molecule has 0 amide bonds. The van der Waals surface area contributed by atoms with Gasteiger partial charge in [0.25, 0.3) is 0 Å². The highest BCUT2D eigenvalue weighted by molar-refractivity contribution is 7.99. The monoisotopic (exact) mass is 289 g/mol. The number of imidazole rings is 1. The molecule has 2 rings (SSSR count). The molecule has 1 aromatic carbocycles. The number of benzene rings is 1. The number of para-hydroxylation sites is 1. The minimum atomic E-state index is 0.711. The Morgan fingerprint density at radius 2 is 2.05 bits per heavy atom. The quantitative estimate of drug-likeness (QED) is 0.792. The summed E-state index contributed by atoms with van der Waals surface area (Å²) in [5.41, 5.74) is 2.39. The van der Waals surface area contributed by atoms with Crippen molar-refractivity contribution in [2.45, 2.75) is 32.1 Å². The lowest BCUT2D eigenvalue weighted by Gasteiger charge is -2.12. The molecule has 0 aliphatic carbocycles. The van der Waals surface area contributed by atoms with E-state index >= 15 is 0 Å². The van der Waals surface area contributed by atoms with Crippen molar-refractivity contribution in [3.8, 4) is 5.69 Å². The van der Waals surface area contributed by atoms with Crippen LogP contribution in [0.2, 0.25) is 0 Å². The highest BCUT2D eigenvalue weighted by atomic mass is 32.2. The van der Waals surface area contributed by atoms with E-state index < -0.39 is 0 Å². The van der Waals surface area contributed by atoms with Gasteiger partial charge >= 0.3 is 0 Å². The van der Waals surface area contributed by atoms with E-state index in [-0.39, 0.29) is 0 Å². The van der Waals surface area contributed by atoms with Crippen LogP contribution in [0.4, 0.5) is 0 Å². The van der Waals surface area contributed by atoms with Crippen molar-refractivity contribution in [2.24, 2.45) is 0 Å². The topological polar surface area (TPSA) is 29.9 Å². The second kappa shape index (κ2) is 7.50. The first-order valence-electron chi connectivity index (χ1n) is 7.04. The molecule has 0 radical (unpaired) electrons. The molecule has 0 aliphatic heterocycles. The molecule has 0 bridgehead atoms. The molecule has 1 aromatic heterocycles. The lowest BCUT2D eigenvalue weighted by Crippen LogP contribution is -2.19. The van der Waals surface area contributed by atoms with Crippen LogP contribution < -0.4 is 5.32 Å². The maximum absolute atomic E-state index is 4.44. The molecule has 3 nitrogen and oxygen atoms in total. The molecule has 1 heterocycles. The fourth-order valence-corrected chi connectivity index (χ4v) is 2.54. The van der Waals surface area contributed by atoms with Gasteiger partial charge in [-0.25, -0.2) is 4.98 Å². The third kappa shape index (κ3) is 3.87. The van der Waals surface area contributed by atoms with Crippen LogP contribution in [0.1, 0.15) is 24.9 Å². The van der Waals surface area contributed by atoms with E-state index in [1.807, 2.05) is 30.9 Å². The van der Waals surface area contributed by atoms with Crippen molar-refractivity contribution in [1.82, 2.24) is 14.9 Å². The summed E-state index contributed by atoms with van der Waals surface area (Å²) in [4.78, 5) is 4.44. The molecular formula is C16H23N3S. The first-order valence-corrected chi connectivity index (χ1v) is 8.33. The van der Waals surface area contributed by atoms with Crippen LogP contribution in [0.3, 0.4) is 0 Å². The molecule has 0 saturated heterocycles. The van der Waals surface area contributed by atoms with E-state index in [1.54, 1.807) is 0 Å². The Bertz CT molecular complexity index is 522. The zero-order valence-electron chi connectivity index (χ0n) is 12.5. The normalized spacial score (nSPS) is 12.6. The van der Waals surface area contributed by atoms with Crippen LogP contribution in [0, 0.1) is 6.92 Å². The fourth-order valence-electron chi connectivity index (χ4n) is 2.19. The molecule has 0 saturated carbocycles. The summed E-state index contributed by atoms with van der Waals surface area (Å²) < 4.78 is 2.21. The molecule has 1 atom stereocenters. The number of thioether (sulfide) groups is 1. The summed E-state index contributed by atoms with van der Waals surface area (Å²) in [5.74, 6) is 1.03. The first-order chi connectivity index (χ1) is 9.72. The molecule has 0 aliphatic rings. The smallest absolute Gasteiger partial charge is 0.110 e. The Balaban J connectivity index is 1.99. The average Bonchev–Trinajstić information content (AvgIpc) is 2.85. The van der Waals surface area contributed by atoms with Gasteiger partial charge in [-0.2, -0.15) is 11.8 Å². The number of rotatable bonds is 7. The number of nitrogens with zero attached hydrogens (tertiary/aromatic N) is 2. The van der Waals surface area contributed by atoms with Gasteiger partial charge in [0.05, 0.1) is 11.9 Å². The number of nitrogens with one attached hydrogen (secondary N) is 1. The average molecular weight is 289 g/mol. The Hall–Kier alpha value is -1.26. The van der Waals surface area contributed by atoms with Crippen LogP contribution in [-0.4, -0.2) is 27.6 Å². The number of hydrogen-bond acceptors (Lipinski definition) is 3. The number of aromatic nitrogens is 2. The zero-order valence-corrected chi connectivity index (χ0v) is 13.3. The minimum absolute atomic E-state index is 0.711. The van der Waals surface area contributed by atoms with Gasteiger partial charge in [0.2, 0.25) is 0 Å². The van der Waals surface area contributed by atoms with E-state index in [1.165, 1.54) is 17.8 Å². The Morgan fingerprint density at radius 1 is 1.30 bits per heavy atom. The highest BCUT2D eigenvalue weighted by Gasteiger charge is 2.08. The first kappa shape index (κ1) is 15.1. The Labute approximate surface area is 125 Å². The van der Waals surface area contributed by atoms with Crippen LogP contribution in [0.25, 0.3) is 5.69 Å². The molecule has 1 N–H and O–H groups in total. The van der Waals surface area contributed by atoms with Gasteiger partial charge in [0, 0.05) is 17.5 Å². The molecule has 2 aromatic rings. The van der Waals surface area contributed by atoms with Gasteiger partial charge < -0.3 is 5.32 Å². The summed E-state index contributed by atoms with van der Waals surface area (Å²) >= 11 is 1.92. The van der Waals surface area contributed by atoms with Crippen molar-refractivity contribution < 1.29 is 0 Å². The summed E-state index contributed by atoms with van der Waals surface area (Å²) in [5, 5.41) is 4.23. The molecule has 4 heteroatoms. The second-order valence-electron chi connectivity index (χ2n) is 4.98. The van der Waals surface area contributed by atoms with Crippen LogP contribution in [-0.2, 0) is 6.54 Å². The molecular weight excluding hydrogens is 266 g/mol. The summed E-state index contributed by atoms with van der Waals surface area (Å²) in [6, 6.07) is 10.4. The number of aryl methyl sites for hydroxylation is 1. The van der Waals surface area contributed by atoms with Gasteiger partial charge in [0.1, 0.15) is 5.82 Å². The van der Waals surface area contributed by atoms with Crippen molar-refractivity contribution in [2.75, 3.05) is 12.8 Å². The Kier molecular flexibility index (Phi) is 5.68. The van der Waals surface area contributed by atoms with Crippen LogP contribution >= 0.6 is 11.8 Å². The lowest BCUT2D eigenvalue weighted by atomic mass is 10.3. The third-order valence-electron chi connectivity index (χ3n) is 3.46. The van der Waals surface area contributed by atoms with Crippen LogP contribution in [0.15, 0.2) is 36.5 Å². The molecule has 0 spiro atoms. The van der Waals surface area contributed by atoms with Gasteiger partial charge in [-0.1, -0.05) is 25.1 Å². The van der Waals surface area contributed by atoms with E-state index in [4.69, 9.17) is 0 Å². The standard InChI is InChI=1S/C16H23N3S/c1-13(20-3)9-10-17-11-16-12-18-14(2)19(16)15-7-5-4-6-8-15/h4-8,12-13,17H,9-11H2,1-3H3. The van der Waals surface area contributed by atoms with E-state index in [2.05, 4.69) is 52.3 Å². The Morgan fingerprint density at radius 3 is 2.75 bits per heavy atom. The largest absolute Gasteiger partial charge is 0.311 e. The molecule has 1 unspecified atom stereocenters. The summed E-state index contributed by atoms with van der Waals surface area (Å²) in [7, 11) is 0. The summed E-state index contributed by atoms with van der Waals surface area (Å²) in [6.45, 7) is 6.22. The van der Waals surface area contributed by atoms with Gasteiger partial charge in [-0.3, -0.25) is 4.57 Å². The van der Waals surface area contributed by atoms with Crippen molar-refractivity contribution >= 4 is 11.8 Å². The van der Waals surface area contributed by atoms with Crippen molar-refractivity contribution in [1.29, 1.82) is 0 Å². The summed E-state index contributed by atoms with van der Waals surface area (Å²) in [6.07, 6.45) is 5.32. The lowest BCUT2D eigenvalue weighted by molar-refractivity contribution is 0.632. The van der Waals surface area contributed by atoms with Gasteiger partial charge in [-0.05, 0) is 38.3 Å². The molecule has 108 valence electrons. The van der Waals surface area contributed by atoms with E-state index in [9.17, 15) is 0 Å². The zero-order chi connectivity index (χ0) is 14.4. The predicted octanol–water partition coefficient (Wildman–Crippen LogP) is 3.41. The van der Waals surface area contributed by atoms with Crippen molar-refractivity contribution in [3.63, 3.8) is 0 Å². The van der Waals surface area contributed by atoms with E-state index in [0.29, 0.717) is 5.25 Å². The molecule has 20 heavy (non-hydrogen) atoms. The maximum Gasteiger partial charge on any atom is 0.110 e. The van der Waals surface area contributed by atoms with Gasteiger partial charge in [-0.15, -0.1) is 0 Å². The highest BCUT2D eigenvalue weighted by Crippen LogP contribution is 2.14.